The highest BCUT2D eigenvalue weighted by atomic mass is 16.5. The molecule has 0 aliphatic rings. The second-order valence-electron chi connectivity index (χ2n) is 1.94. The molecule has 2 N–H and O–H groups in total. The van der Waals surface area contributed by atoms with Crippen LogP contribution >= 0.6 is 0 Å². The Kier molecular flexibility index (Phi) is 0.887. The van der Waals surface area contributed by atoms with Gasteiger partial charge in [-0.05, 0) is 6.07 Å². The molecule has 4 heteroatoms. The lowest BCUT2D eigenvalue weighted by atomic mass is 10.3. The summed E-state index contributed by atoms with van der Waals surface area (Å²) in [4.78, 5) is 3.86. The molecule has 2 rings (SSSR count). The molecule has 2 heterocycles. The molecule has 0 aromatic carbocycles. The molecule has 4 nitrogen and oxygen atoms in total. The third kappa shape index (κ3) is 0.556. The Morgan fingerprint density at radius 1 is 1.50 bits per heavy atom. The molecule has 0 aliphatic carbocycles. The van der Waals surface area contributed by atoms with E-state index < -0.39 is 0 Å². The van der Waals surface area contributed by atoms with Gasteiger partial charge in [0.05, 0.1) is 5.39 Å². The summed E-state index contributed by atoms with van der Waals surface area (Å²) in [5.74, 6) is 0.457. The van der Waals surface area contributed by atoms with Crippen LogP contribution in [0.4, 0.5) is 5.82 Å². The maximum atomic E-state index is 5.49. The number of rotatable bonds is 0. The number of pyridine rings is 1. The monoisotopic (exact) mass is 135 g/mol. The fourth-order valence-corrected chi connectivity index (χ4v) is 0.815. The Balaban J connectivity index is 2.95. The summed E-state index contributed by atoms with van der Waals surface area (Å²) in [6.45, 7) is 0. The average Bonchev–Trinajstić information content (AvgIpc) is 2.36. The summed E-state index contributed by atoms with van der Waals surface area (Å²) in [7, 11) is 0. The lowest BCUT2D eigenvalue weighted by molar-refractivity contribution is 0.428. The number of fused-ring (bicyclic) bond motifs is 1. The van der Waals surface area contributed by atoms with Crippen molar-refractivity contribution in [1.82, 2.24) is 10.1 Å². The minimum absolute atomic E-state index is 0.457. The zero-order valence-electron chi connectivity index (χ0n) is 5.11. The number of nitrogen functional groups attached to an aromatic ring is 1. The van der Waals surface area contributed by atoms with Crippen molar-refractivity contribution in [2.24, 2.45) is 0 Å². The summed E-state index contributed by atoms with van der Waals surface area (Å²) < 4.78 is 4.68. The number of hydrogen-bond acceptors (Lipinski definition) is 4. The molecule has 0 aliphatic heterocycles. The highest BCUT2D eigenvalue weighted by Crippen LogP contribution is 2.15. The van der Waals surface area contributed by atoms with Gasteiger partial charge in [0, 0.05) is 6.20 Å². The van der Waals surface area contributed by atoms with Gasteiger partial charge in [-0.1, -0.05) is 5.16 Å². The first-order chi connectivity index (χ1) is 4.88. The van der Waals surface area contributed by atoms with Crippen molar-refractivity contribution in [3.05, 3.63) is 18.5 Å². The SMILES string of the molecule is Nc1nccc2nocc12. The van der Waals surface area contributed by atoms with Crippen molar-refractivity contribution in [3.8, 4) is 0 Å². The topological polar surface area (TPSA) is 64.9 Å². The van der Waals surface area contributed by atoms with E-state index in [1.54, 1.807) is 12.3 Å². The van der Waals surface area contributed by atoms with E-state index in [1.807, 2.05) is 0 Å². The fraction of sp³-hybridized carbons (Fsp3) is 0. The van der Waals surface area contributed by atoms with Crippen LogP contribution in [0.2, 0.25) is 0 Å². The summed E-state index contributed by atoms with van der Waals surface area (Å²) >= 11 is 0. The normalized spacial score (nSPS) is 10.4. The van der Waals surface area contributed by atoms with Gasteiger partial charge in [-0.3, -0.25) is 0 Å². The minimum Gasteiger partial charge on any atom is -0.383 e. The first kappa shape index (κ1) is 5.22. The lowest BCUT2D eigenvalue weighted by Crippen LogP contribution is -1.88. The van der Waals surface area contributed by atoms with Gasteiger partial charge in [-0.25, -0.2) is 4.98 Å². The summed E-state index contributed by atoms with van der Waals surface area (Å²) in [6.07, 6.45) is 3.08. The van der Waals surface area contributed by atoms with Crippen LogP contribution < -0.4 is 5.73 Å². The molecule has 50 valence electrons. The highest BCUT2D eigenvalue weighted by molar-refractivity contribution is 5.86. The number of anilines is 1. The van der Waals surface area contributed by atoms with E-state index in [-0.39, 0.29) is 0 Å². The highest BCUT2D eigenvalue weighted by Gasteiger charge is 1.99. The van der Waals surface area contributed by atoms with Crippen LogP contribution in [0, 0.1) is 0 Å². The largest absolute Gasteiger partial charge is 0.383 e. The number of hydrogen-bond donors (Lipinski definition) is 1. The summed E-state index contributed by atoms with van der Waals surface area (Å²) in [6, 6.07) is 1.75. The fourth-order valence-electron chi connectivity index (χ4n) is 0.815. The first-order valence-corrected chi connectivity index (χ1v) is 2.82. The Morgan fingerprint density at radius 3 is 3.20 bits per heavy atom. The Bertz CT molecular complexity index is 355. The molecular weight excluding hydrogens is 130 g/mol. The van der Waals surface area contributed by atoms with Crippen molar-refractivity contribution < 1.29 is 4.52 Å². The van der Waals surface area contributed by atoms with Crippen LogP contribution in [0.5, 0.6) is 0 Å². The molecule has 10 heavy (non-hydrogen) atoms. The van der Waals surface area contributed by atoms with Crippen molar-refractivity contribution in [2.75, 3.05) is 5.73 Å². The quantitative estimate of drug-likeness (QED) is 0.580. The molecular formula is C6H5N3O. The van der Waals surface area contributed by atoms with E-state index in [4.69, 9.17) is 5.73 Å². The third-order valence-electron chi connectivity index (χ3n) is 1.32. The van der Waals surface area contributed by atoms with Crippen molar-refractivity contribution in [2.45, 2.75) is 0 Å². The number of nitrogens with two attached hydrogens (primary N) is 1. The maximum absolute atomic E-state index is 5.49. The van der Waals surface area contributed by atoms with E-state index >= 15 is 0 Å². The molecule has 0 amide bonds. The predicted octanol–water partition coefficient (Wildman–Crippen LogP) is 0.805. The predicted molar refractivity (Wildman–Crippen MR) is 36.2 cm³/mol. The van der Waals surface area contributed by atoms with Gasteiger partial charge in [0.1, 0.15) is 17.6 Å². The second-order valence-corrected chi connectivity index (χ2v) is 1.94. The molecule has 0 bridgehead atoms. The molecule has 0 fully saturated rings. The van der Waals surface area contributed by atoms with Crippen LogP contribution in [-0.2, 0) is 0 Å². The van der Waals surface area contributed by atoms with E-state index in [0.717, 1.165) is 10.9 Å². The van der Waals surface area contributed by atoms with E-state index in [9.17, 15) is 0 Å². The van der Waals surface area contributed by atoms with Gasteiger partial charge in [-0.2, -0.15) is 0 Å². The molecule has 0 atom stereocenters. The van der Waals surface area contributed by atoms with Gasteiger partial charge >= 0.3 is 0 Å². The van der Waals surface area contributed by atoms with Crippen LogP contribution in [0.15, 0.2) is 23.0 Å². The smallest absolute Gasteiger partial charge is 0.136 e. The lowest BCUT2D eigenvalue weighted by Gasteiger charge is -1.88. The van der Waals surface area contributed by atoms with E-state index in [2.05, 4.69) is 14.7 Å². The van der Waals surface area contributed by atoms with Crippen LogP contribution in [-0.4, -0.2) is 10.1 Å². The van der Waals surface area contributed by atoms with Gasteiger partial charge < -0.3 is 10.3 Å². The molecule has 0 unspecified atom stereocenters. The van der Waals surface area contributed by atoms with Crippen molar-refractivity contribution in [3.63, 3.8) is 0 Å². The Hall–Kier alpha value is -1.58. The van der Waals surface area contributed by atoms with Gasteiger partial charge in [-0.15, -0.1) is 0 Å². The average molecular weight is 135 g/mol. The Morgan fingerprint density at radius 2 is 2.40 bits per heavy atom. The molecule has 2 aromatic rings. The van der Waals surface area contributed by atoms with Crippen molar-refractivity contribution in [1.29, 1.82) is 0 Å². The first-order valence-electron chi connectivity index (χ1n) is 2.82. The molecule has 0 spiro atoms. The third-order valence-corrected chi connectivity index (χ3v) is 1.32. The Labute approximate surface area is 56.6 Å². The standard InChI is InChI=1S/C6H5N3O/c7-6-4-3-10-9-5(4)1-2-8-6/h1-3H,(H2,7,8). The number of aromatic nitrogens is 2. The zero-order valence-corrected chi connectivity index (χ0v) is 5.11. The van der Waals surface area contributed by atoms with Gasteiger partial charge in [0.2, 0.25) is 0 Å². The van der Waals surface area contributed by atoms with Gasteiger partial charge in [0.25, 0.3) is 0 Å². The van der Waals surface area contributed by atoms with E-state index in [0.29, 0.717) is 5.82 Å². The van der Waals surface area contributed by atoms with Crippen LogP contribution in [0.1, 0.15) is 0 Å². The molecule has 0 saturated heterocycles. The minimum atomic E-state index is 0.457. The molecule has 0 radical (unpaired) electrons. The zero-order chi connectivity index (χ0) is 6.97. The summed E-state index contributed by atoms with van der Waals surface area (Å²) in [5.41, 5.74) is 6.23. The maximum Gasteiger partial charge on any atom is 0.136 e. The number of nitrogens with zero attached hydrogens (tertiary/aromatic N) is 2. The van der Waals surface area contributed by atoms with Crippen LogP contribution in [0.3, 0.4) is 0 Å². The summed E-state index contributed by atoms with van der Waals surface area (Å²) in [5, 5.41) is 4.45. The van der Waals surface area contributed by atoms with Crippen molar-refractivity contribution >= 4 is 16.7 Å². The van der Waals surface area contributed by atoms with Gasteiger partial charge in [0.15, 0.2) is 0 Å². The molecule has 0 saturated carbocycles. The van der Waals surface area contributed by atoms with E-state index in [1.165, 1.54) is 6.26 Å². The second kappa shape index (κ2) is 1.70. The van der Waals surface area contributed by atoms with Crippen LogP contribution in [0.25, 0.3) is 10.9 Å². The molecule has 2 aromatic heterocycles.